The van der Waals surface area contributed by atoms with E-state index in [1.54, 1.807) is 4.90 Å². The molecule has 1 aromatic carbocycles. The number of rotatable bonds is 3. The molecule has 0 aliphatic carbocycles. The summed E-state index contributed by atoms with van der Waals surface area (Å²) in [6.45, 7) is 3.63. The summed E-state index contributed by atoms with van der Waals surface area (Å²) in [7, 11) is 2.05. The van der Waals surface area contributed by atoms with Crippen LogP contribution in [-0.4, -0.2) is 109 Å². The fourth-order valence-electron chi connectivity index (χ4n) is 4.68. The van der Waals surface area contributed by atoms with Gasteiger partial charge in [-0.25, -0.2) is 9.18 Å². The SMILES string of the molecule is CN1CCN(C(=O)C[C@H]2CC[C@@H]3[C@H](COC[C@H](O)CN3C(=O)Nc3ccc(F)cc3)O2)CC1. The molecule has 4 rings (SSSR count). The summed E-state index contributed by atoms with van der Waals surface area (Å²) in [6, 6.07) is 4.86. The molecule has 0 unspecified atom stereocenters. The lowest BCUT2D eigenvalue weighted by molar-refractivity contribution is -0.155. The largest absolute Gasteiger partial charge is 0.389 e. The quantitative estimate of drug-likeness (QED) is 0.697. The zero-order valence-corrected chi connectivity index (χ0v) is 19.0. The first-order chi connectivity index (χ1) is 15.9. The molecule has 3 saturated heterocycles. The Morgan fingerprint density at radius 2 is 1.85 bits per heavy atom. The van der Waals surface area contributed by atoms with Crippen LogP contribution in [0.25, 0.3) is 0 Å². The lowest BCUT2D eigenvalue weighted by atomic mass is 9.94. The van der Waals surface area contributed by atoms with E-state index in [2.05, 4.69) is 17.3 Å². The number of nitrogens with zero attached hydrogens (tertiary/aromatic N) is 3. The summed E-state index contributed by atoms with van der Waals surface area (Å²) in [5.74, 6) is -0.288. The number of amides is 3. The van der Waals surface area contributed by atoms with Crippen molar-refractivity contribution < 1.29 is 28.6 Å². The number of aliphatic hydroxyl groups excluding tert-OH is 1. The molecule has 3 heterocycles. The van der Waals surface area contributed by atoms with Gasteiger partial charge in [0.2, 0.25) is 5.91 Å². The van der Waals surface area contributed by atoms with Gasteiger partial charge in [0.25, 0.3) is 0 Å². The van der Waals surface area contributed by atoms with Crippen LogP contribution in [-0.2, 0) is 14.3 Å². The Morgan fingerprint density at radius 1 is 1.12 bits per heavy atom. The zero-order chi connectivity index (χ0) is 23.4. The van der Waals surface area contributed by atoms with Gasteiger partial charge in [-0.2, -0.15) is 0 Å². The molecular formula is C23H33FN4O5. The van der Waals surface area contributed by atoms with E-state index in [0.29, 0.717) is 24.9 Å². The topological polar surface area (TPSA) is 94.6 Å². The molecule has 0 spiro atoms. The third-order valence-corrected chi connectivity index (χ3v) is 6.60. The highest BCUT2D eigenvalue weighted by molar-refractivity contribution is 5.89. The number of fused-ring (bicyclic) bond motifs is 1. The molecule has 10 heteroatoms. The number of piperazine rings is 1. The Morgan fingerprint density at radius 3 is 2.58 bits per heavy atom. The van der Waals surface area contributed by atoms with E-state index in [-0.39, 0.29) is 49.7 Å². The summed E-state index contributed by atoms with van der Waals surface area (Å²) in [4.78, 5) is 31.5. The van der Waals surface area contributed by atoms with Gasteiger partial charge in [-0.1, -0.05) is 0 Å². The second-order valence-corrected chi connectivity index (χ2v) is 9.11. The number of anilines is 1. The van der Waals surface area contributed by atoms with E-state index in [0.717, 1.165) is 26.2 Å². The molecule has 4 atom stereocenters. The first-order valence-electron chi connectivity index (χ1n) is 11.6. The predicted octanol–water partition coefficient (Wildman–Crippen LogP) is 1.13. The number of benzene rings is 1. The Bertz CT molecular complexity index is 818. The van der Waals surface area contributed by atoms with Gasteiger partial charge in [-0.3, -0.25) is 4.79 Å². The van der Waals surface area contributed by atoms with Crippen LogP contribution in [0.4, 0.5) is 14.9 Å². The minimum Gasteiger partial charge on any atom is -0.389 e. The second kappa shape index (κ2) is 10.8. The van der Waals surface area contributed by atoms with Crippen molar-refractivity contribution in [3.05, 3.63) is 30.1 Å². The number of likely N-dealkylation sites (N-methyl/N-ethyl adjacent to an activating group) is 1. The van der Waals surface area contributed by atoms with E-state index in [4.69, 9.17) is 9.47 Å². The molecule has 3 amide bonds. The number of nitrogens with one attached hydrogen (secondary N) is 1. The molecule has 2 N–H and O–H groups in total. The van der Waals surface area contributed by atoms with Gasteiger partial charge >= 0.3 is 6.03 Å². The monoisotopic (exact) mass is 464 g/mol. The van der Waals surface area contributed by atoms with E-state index in [1.165, 1.54) is 24.3 Å². The highest BCUT2D eigenvalue weighted by Crippen LogP contribution is 2.28. The van der Waals surface area contributed by atoms with Gasteiger partial charge in [-0.05, 0) is 44.2 Å². The smallest absolute Gasteiger partial charge is 0.322 e. The van der Waals surface area contributed by atoms with Crippen LogP contribution in [0.3, 0.4) is 0 Å². The van der Waals surface area contributed by atoms with Crippen LogP contribution in [0.15, 0.2) is 24.3 Å². The van der Waals surface area contributed by atoms with E-state index < -0.39 is 12.2 Å². The van der Waals surface area contributed by atoms with Crippen molar-refractivity contribution in [3.63, 3.8) is 0 Å². The molecule has 3 aliphatic rings. The normalized spacial score (nSPS) is 29.1. The summed E-state index contributed by atoms with van der Waals surface area (Å²) in [5.41, 5.74) is 0.470. The van der Waals surface area contributed by atoms with Gasteiger partial charge in [0.15, 0.2) is 0 Å². The molecule has 33 heavy (non-hydrogen) atoms. The molecule has 3 fully saturated rings. The molecule has 182 valence electrons. The van der Waals surface area contributed by atoms with Crippen molar-refractivity contribution in [2.24, 2.45) is 0 Å². The van der Waals surface area contributed by atoms with Crippen molar-refractivity contribution >= 4 is 17.6 Å². The van der Waals surface area contributed by atoms with Gasteiger partial charge in [0.05, 0.1) is 44.4 Å². The molecular weight excluding hydrogens is 431 g/mol. The number of carbonyl (C=O) groups is 2. The van der Waals surface area contributed by atoms with Crippen LogP contribution in [0.5, 0.6) is 0 Å². The number of hydrogen-bond acceptors (Lipinski definition) is 6. The van der Waals surface area contributed by atoms with Crippen molar-refractivity contribution in [3.8, 4) is 0 Å². The summed E-state index contributed by atoms with van der Waals surface area (Å²) >= 11 is 0. The standard InChI is InChI=1S/C23H33FN4O5/c1-26-8-10-27(11-9-26)22(30)12-19-6-7-20-21(33-19)15-32-14-18(29)13-28(20)23(31)25-17-4-2-16(24)3-5-17/h2-5,18-21,29H,6-15H2,1H3,(H,25,31)/t18-,19-,20-,21+/m1/s1. The molecule has 3 aliphatic heterocycles. The molecule has 0 saturated carbocycles. The van der Waals surface area contributed by atoms with Gasteiger partial charge in [0.1, 0.15) is 11.9 Å². The average molecular weight is 465 g/mol. The predicted molar refractivity (Wildman–Crippen MR) is 119 cm³/mol. The number of β-amino-alcohol motifs (C(OH)–C–C–N with tert-alkyl or cyclic N) is 1. The van der Waals surface area contributed by atoms with Crippen molar-refractivity contribution in [1.29, 1.82) is 0 Å². The maximum atomic E-state index is 13.2. The molecule has 0 bridgehead atoms. The summed E-state index contributed by atoms with van der Waals surface area (Å²) in [6.07, 6.45) is 0.150. The first-order valence-corrected chi connectivity index (χ1v) is 11.6. The highest BCUT2D eigenvalue weighted by atomic mass is 19.1. The fourth-order valence-corrected chi connectivity index (χ4v) is 4.68. The second-order valence-electron chi connectivity index (χ2n) is 9.11. The average Bonchev–Trinajstić information content (AvgIpc) is 2.78. The maximum Gasteiger partial charge on any atom is 0.322 e. The number of halogens is 1. The lowest BCUT2D eigenvalue weighted by Gasteiger charge is -2.44. The number of urea groups is 1. The molecule has 0 aromatic heterocycles. The summed E-state index contributed by atoms with van der Waals surface area (Å²) < 4.78 is 25.1. The third kappa shape index (κ3) is 6.20. The Kier molecular flexibility index (Phi) is 7.79. The van der Waals surface area contributed by atoms with Gasteiger partial charge < -0.3 is 34.6 Å². The highest BCUT2D eigenvalue weighted by Gasteiger charge is 2.40. The van der Waals surface area contributed by atoms with Crippen LogP contribution < -0.4 is 5.32 Å². The van der Waals surface area contributed by atoms with Crippen molar-refractivity contribution in [1.82, 2.24) is 14.7 Å². The molecule has 9 nitrogen and oxygen atoms in total. The number of aliphatic hydroxyl groups is 1. The number of ether oxygens (including phenoxy) is 2. The van der Waals surface area contributed by atoms with Crippen LogP contribution in [0.1, 0.15) is 19.3 Å². The minimum absolute atomic E-state index is 0.0950. The molecule has 0 radical (unpaired) electrons. The summed E-state index contributed by atoms with van der Waals surface area (Å²) in [5, 5.41) is 13.0. The Balaban J connectivity index is 1.39. The van der Waals surface area contributed by atoms with E-state index in [1.807, 2.05) is 4.90 Å². The number of carbonyl (C=O) groups excluding carboxylic acids is 2. The number of hydrogen-bond donors (Lipinski definition) is 2. The zero-order valence-electron chi connectivity index (χ0n) is 19.0. The van der Waals surface area contributed by atoms with Crippen molar-refractivity contribution in [2.45, 2.75) is 43.6 Å². The minimum atomic E-state index is -0.818. The first kappa shape index (κ1) is 23.9. The van der Waals surface area contributed by atoms with Gasteiger partial charge in [-0.15, -0.1) is 0 Å². The maximum absolute atomic E-state index is 13.2. The van der Waals surface area contributed by atoms with Crippen LogP contribution in [0.2, 0.25) is 0 Å². The van der Waals surface area contributed by atoms with Crippen molar-refractivity contribution in [2.75, 3.05) is 58.3 Å². The van der Waals surface area contributed by atoms with E-state index >= 15 is 0 Å². The third-order valence-electron chi connectivity index (χ3n) is 6.60. The van der Waals surface area contributed by atoms with Gasteiger partial charge in [0, 0.05) is 31.9 Å². The molecule has 1 aromatic rings. The Hall–Kier alpha value is -2.27. The van der Waals surface area contributed by atoms with Crippen LogP contribution >= 0.6 is 0 Å². The Labute approximate surface area is 193 Å². The van der Waals surface area contributed by atoms with E-state index in [9.17, 15) is 19.1 Å². The fraction of sp³-hybridized carbons (Fsp3) is 0.652. The lowest BCUT2D eigenvalue weighted by Crippen LogP contribution is -2.58. The van der Waals surface area contributed by atoms with Crippen LogP contribution in [0, 0.1) is 5.82 Å².